The van der Waals surface area contributed by atoms with Crippen molar-refractivity contribution in [3.05, 3.63) is 54.2 Å². The number of carbonyl (C=O) groups is 1. The Kier molecular flexibility index (Phi) is 2.82. The number of amides is 1. The van der Waals surface area contributed by atoms with Crippen LogP contribution in [0.4, 0.5) is 11.5 Å². The van der Waals surface area contributed by atoms with Gasteiger partial charge in [-0.1, -0.05) is 18.2 Å². The van der Waals surface area contributed by atoms with Gasteiger partial charge in [-0.3, -0.25) is 4.79 Å². The number of hydrogen-bond acceptors (Lipinski definition) is 3. The van der Waals surface area contributed by atoms with Crippen molar-refractivity contribution in [2.45, 2.75) is 0 Å². The zero-order valence-electron chi connectivity index (χ0n) is 8.55. The molecule has 1 amide bonds. The molecule has 0 radical (unpaired) electrons. The van der Waals surface area contributed by atoms with Gasteiger partial charge in [0.05, 0.1) is 5.69 Å². The van der Waals surface area contributed by atoms with E-state index >= 15 is 0 Å². The number of nitrogens with two attached hydrogens (primary N) is 1. The summed E-state index contributed by atoms with van der Waals surface area (Å²) >= 11 is 0. The lowest BCUT2D eigenvalue weighted by molar-refractivity contribution is 0.102. The standard InChI is InChI=1S/C12H11N3O/c13-11-10(7-4-8-14-11)15-12(16)9-5-2-1-3-6-9/h1-8H,(H2,13,14)(H,15,16). The molecule has 3 N–H and O–H groups in total. The van der Waals surface area contributed by atoms with E-state index in [1.807, 2.05) is 18.2 Å². The lowest BCUT2D eigenvalue weighted by Crippen LogP contribution is -2.13. The molecule has 0 saturated heterocycles. The first-order chi connectivity index (χ1) is 7.77. The lowest BCUT2D eigenvalue weighted by Gasteiger charge is -2.06. The molecular weight excluding hydrogens is 202 g/mol. The molecule has 0 aliphatic heterocycles. The number of aromatic nitrogens is 1. The maximum atomic E-state index is 11.8. The van der Waals surface area contributed by atoms with E-state index in [9.17, 15) is 4.79 Å². The first-order valence-corrected chi connectivity index (χ1v) is 4.84. The fourth-order valence-electron chi connectivity index (χ4n) is 1.31. The third-order valence-electron chi connectivity index (χ3n) is 2.12. The third-order valence-corrected chi connectivity index (χ3v) is 2.12. The summed E-state index contributed by atoms with van der Waals surface area (Å²) in [5.74, 6) is 0.118. The third kappa shape index (κ3) is 2.17. The Bertz CT molecular complexity index is 497. The quantitative estimate of drug-likeness (QED) is 0.800. The van der Waals surface area contributed by atoms with Gasteiger partial charge in [-0.15, -0.1) is 0 Å². The molecule has 0 aliphatic rings. The molecule has 4 nitrogen and oxygen atoms in total. The minimum absolute atomic E-state index is 0.194. The molecule has 80 valence electrons. The van der Waals surface area contributed by atoms with Gasteiger partial charge in [0.2, 0.25) is 0 Å². The molecule has 0 atom stereocenters. The van der Waals surface area contributed by atoms with Gasteiger partial charge in [0, 0.05) is 11.8 Å². The van der Waals surface area contributed by atoms with E-state index in [1.54, 1.807) is 30.5 Å². The van der Waals surface area contributed by atoms with Crippen LogP contribution in [0.15, 0.2) is 48.7 Å². The van der Waals surface area contributed by atoms with E-state index in [1.165, 1.54) is 0 Å². The largest absolute Gasteiger partial charge is 0.382 e. The maximum absolute atomic E-state index is 11.8. The van der Waals surface area contributed by atoms with Crippen LogP contribution in [-0.2, 0) is 0 Å². The highest BCUT2D eigenvalue weighted by Crippen LogP contribution is 2.14. The van der Waals surface area contributed by atoms with Crippen LogP contribution >= 0.6 is 0 Å². The van der Waals surface area contributed by atoms with Crippen molar-refractivity contribution in [3.8, 4) is 0 Å². The molecule has 4 heteroatoms. The number of carbonyl (C=O) groups excluding carboxylic acids is 1. The molecule has 0 saturated carbocycles. The monoisotopic (exact) mass is 213 g/mol. The van der Waals surface area contributed by atoms with Crippen molar-refractivity contribution >= 4 is 17.4 Å². The molecule has 2 rings (SSSR count). The van der Waals surface area contributed by atoms with Gasteiger partial charge in [0.1, 0.15) is 5.82 Å². The Balaban J connectivity index is 2.18. The van der Waals surface area contributed by atoms with E-state index in [2.05, 4.69) is 10.3 Å². The predicted octanol–water partition coefficient (Wildman–Crippen LogP) is 1.92. The van der Waals surface area contributed by atoms with Crippen molar-refractivity contribution < 1.29 is 4.79 Å². The van der Waals surface area contributed by atoms with E-state index in [0.29, 0.717) is 17.1 Å². The Morgan fingerprint density at radius 3 is 2.56 bits per heavy atom. The second kappa shape index (κ2) is 4.44. The van der Waals surface area contributed by atoms with Crippen LogP contribution in [0.2, 0.25) is 0 Å². The van der Waals surface area contributed by atoms with Crippen LogP contribution in [0.1, 0.15) is 10.4 Å². The summed E-state index contributed by atoms with van der Waals surface area (Å²) in [5.41, 5.74) is 6.73. The fraction of sp³-hybridized carbons (Fsp3) is 0. The topological polar surface area (TPSA) is 68.0 Å². The molecule has 1 heterocycles. The summed E-state index contributed by atoms with van der Waals surface area (Å²) in [7, 11) is 0. The minimum Gasteiger partial charge on any atom is -0.382 e. The molecule has 16 heavy (non-hydrogen) atoms. The average Bonchev–Trinajstić information content (AvgIpc) is 2.33. The molecule has 1 aromatic heterocycles. The Labute approximate surface area is 93.1 Å². The molecule has 0 bridgehead atoms. The van der Waals surface area contributed by atoms with E-state index in [0.717, 1.165) is 0 Å². The van der Waals surface area contributed by atoms with Crippen molar-refractivity contribution in [1.29, 1.82) is 0 Å². The average molecular weight is 213 g/mol. The second-order valence-corrected chi connectivity index (χ2v) is 3.26. The fourth-order valence-corrected chi connectivity index (χ4v) is 1.31. The summed E-state index contributed by atoms with van der Waals surface area (Å²) in [5, 5.41) is 2.70. The first kappa shape index (κ1) is 10.2. The van der Waals surface area contributed by atoms with Crippen molar-refractivity contribution in [3.63, 3.8) is 0 Å². The normalized spacial score (nSPS) is 9.75. The summed E-state index contributed by atoms with van der Waals surface area (Å²) in [6, 6.07) is 12.4. The molecule has 0 fully saturated rings. The number of benzene rings is 1. The van der Waals surface area contributed by atoms with E-state index in [4.69, 9.17) is 5.73 Å². The summed E-state index contributed by atoms with van der Waals surface area (Å²) in [4.78, 5) is 15.7. The van der Waals surface area contributed by atoms with E-state index < -0.39 is 0 Å². The Morgan fingerprint density at radius 2 is 1.88 bits per heavy atom. The maximum Gasteiger partial charge on any atom is 0.255 e. The number of nitrogen functional groups attached to an aromatic ring is 1. The molecule has 0 spiro atoms. The number of anilines is 2. The smallest absolute Gasteiger partial charge is 0.255 e. The summed E-state index contributed by atoms with van der Waals surface area (Å²) in [6.45, 7) is 0. The van der Waals surface area contributed by atoms with Gasteiger partial charge in [-0.25, -0.2) is 4.98 Å². The summed E-state index contributed by atoms with van der Waals surface area (Å²) in [6.07, 6.45) is 1.58. The highest BCUT2D eigenvalue weighted by Gasteiger charge is 2.06. The SMILES string of the molecule is Nc1ncccc1NC(=O)c1ccccc1. The molecule has 0 unspecified atom stereocenters. The van der Waals surface area contributed by atoms with Gasteiger partial charge < -0.3 is 11.1 Å². The number of pyridine rings is 1. The highest BCUT2D eigenvalue weighted by atomic mass is 16.1. The van der Waals surface area contributed by atoms with Gasteiger partial charge in [-0.05, 0) is 24.3 Å². The van der Waals surface area contributed by atoms with Crippen molar-refractivity contribution in [2.24, 2.45) is 0 Å². The van der Waals surface area contributed by atoms with Crippen molar-refractivity contribution in [2.75, 3.05) is 11.1 Å². The van der Waals surface area contributed by atoms with Crippen LogP contribution in [0.25, 0.3) is 0 Å². The minimum atomic E-state index is -0.194. The molecular formula is C12H11N3O. The predicted molar refractivity (Wildman–Crippen MR) is 63.0 cm³/mol. The van der Waals surface area contributed by atoms with Crippen molar-refractivity contribution in [1.82, 2.24) is 4.98 Å². The zero-order chi connectivity index (χ0) is 11.4. The second-order valence-electron chi connectivity index (χ2n) is 3.26. The summed E-state index contributed by atoms with van der Waals surface area (Å²) < 4.78 is 0. The van der Waals surface area contributed by atoms with Crippen LogP contribution in [0.3, 0.4) is 0 Å². The van der Waals surface area contributed by atoms with Gasteiger partial charge >= 0.3 is 0 Å². The highest BCUT2D eigenvalue weighted by molar-refractivity contribution is 6.05. The zero-order valence-corrected chi connectivity index (χ0v) is 8.55. The van der Waals surface area contributed by atoms with Gasteiger partial charge in [0.25, 0.3) is 5.91 Å². The van der Waals surface area contributed by atoms with Crippen LogP contribution < -0.4 is 11.1 Å². The number of rotatable bonds is 2. The van der Waals surface area contributed by atoms with Gasteiger partial charge in [0.15, 0.2) is 0 Å². The lowest BCUT2D eigenvalue weighted by atomic mass is 10.2. The van der Waals surface area contributed by atoms with Crippen LogP contribution in [-0.4, -0.2) is 10.9 Å². The molecule has 2 aromatic rings. The van der Waals surface area contributed by atoms with Crippen LogP contribution in [0, 0.1) is 0 Å². The van der Waals surface area contributed by atoms with Gasteiger partial charge in [-0.2, -0.15) is 0 Å². The molecule has 0 aliphatic carbocycles. The Hall–Kier alpha value is -2.36. The van der Waals surface area contributed by atoms with Crippen LogP contribution in [0.5, 0.6) is 0 Å². The van der Waals surface area contributed by atoms with E-state index in [-0.39, 0.29) is 5.91 Å². The first-order valence-electron chi connectivity index (χ1n) is 4.84. The number of nitrogens with zero attached hydrogens (tertiary/aromatic N) is 1. The Morgan fingerprint density at radius 1 is 1.12 bits per heavy atom. The number of nitrogens with one attached hydrogen (secondary N) is 1. The number of hydrogen-bond donors (Lipinski definition) is 2. The molecule has 1 aromatic carbocycles.